The Hall–Kier alpha value is -1.07. The molecule has 1 fully saturated rings. The maximum Gasteiger partial charge on any atom is 0.254 e. The summed E-state index contributed by atoms with van der Waals surface area (Å²) in [6.45, 7) is 0.747. The van der Waals surface area contributed by atoms with Gasteiger partial charge in [0.1, 0.15) is 5.75 Å². The van der Waals surface area contributed by atoms with Gasteiger partial charge >= 0.3 is 0 Å². The van der Waals surface area contributed by atoms with Crippen LogP contribution < -0.4 is 4.74 Å². The zero-order valence-electron chi connectivity index (χ0n) is 10.2. The molecule has 0 radical (unpaired) electrons. The fourth-order valence-electron chi connectivity index (χ4n) is 2.26. The Morgan fingerprint density at radius 3 is 3.00 bits per heavy atom. The lowest BCUT2D eigenvalue weighted by atomic mass is 10.1. The molecule has 1 aromatic carbocycles. The second-order valence-electron chi connectivity index (χ2n) is 4.33. The topological polar surface area (TPSA) is 49.8 Å². The Kier molecular flexibility index (Phi) is 4.24. The Morgan fingerprint density at radius 1 is 1.61 bits per heavy atom. The summed E-state index contributed by atoms with van der Waals surface area (Å²) in [6.07, 6.45) is 1.83. The van der Waals surface area contributed by atoms with Crippen molar-refractivity contribution in [3.05, 3.63) is 28.2 Å². The number of aliphatic hydroxyl groups excluding tert-OH is 1. The molecular formula is C13H16BrNO3. The van der Waals surface area contributed by atoms with Crippen molar-refractivity contribution in [1.82, 2.24) is 4.90 Å². The average Bonchev–Trinajstić information content (AvgIpc) is 2.86. The van der Waals surface area contributed by atoms with Crippen LogP contribution in [0.5, 0.6) is 5.75 Å². The van der Waals surface area contributed by atoms with Crippen molar-refractivity contribution in [3.8, 4) is 5.75 Å². The van der Waals surface area contributed by atoms with Crippen molar-refractivity contribution < 1.29 is 14.6 Å². The summed E-state index contributed by atoms with van der Waals surface area (Å²) in [6, 6.07) is 5.23. The van der Waals surface area contributed by atoms with Crippen molar-refractivity contribution in [1.29, 1.82) is 0 Å². The normalized spacial score (nSPS) is 19.1. The molecular weight excluding hydrogens is 298 g/mol. The number of aliphatic hydroxyl groups is 1. The molecule has 0 saturated carbocycles. The van der Waals surface area contributed by atoms with Crippen molar-refractivity contribution >= 4 is 21.8 Å². The van der Waals surface area contributed by atoms with E-state index in [9.17, 15) is 9.90 Å². The lowest BCUT2D eigenvalue weighted by molar-refractivity contribution is 0.0677. The number of hydrogen-bond acceptors (Lipinski definition) is 3. The largest absolute Gasteiger partial charge is 0.496 e. The van der Waals surface area contributed by atoms with Crippen LogP contribution in [0.1, 0.15) is 23.2 Å². The van der Waals surface area contributed by atoms with E-state index in [1.807, 2.05) is 0 Å². The van der Waals surface area contributed by atoms with E-state index in [2.05, 4.69) is 15.9 Å². The minimum Gasteiger partial charge on any atom is -0.496 e. The van der Waals surface area contributed by atoms with Gasteiger partial charge < -0.3 is 14.7 Å². The lowest BCUT2D eigenvalue weighted by Gasteiger charge is -2.23. The quantitative estimate of drug-likeness (QED) is 0.929. The molecule has 0 bridgehead atoms. The summed E-state index contributed by atoms with van der Waals surface area (Å²) >= 11 is 3.37. The van der Waals surface area contributed by atoms with E-state index in [0.29, 0.717) is 17.9 Å². The van der Waals surface area contributed by atoms with E-state index < -0.39 is 0 Å². The summed E-state index contributed by atoms with van der Waals surface area (Å²) in [4.78, 5) is 14.1. The minimum atomic E-state index is -0.0432. The molecule has 98 valence electrons. The smallest absolute Gasteiger partial charge is 0.254 e. The molecule has 1 saturated heterocycles. The van der Waals surface area contributed by atoms with Crippen LogP contribution in [-0.2, 0) is 0 Å². The summed E-state index contributed by atoms with van der Waals surface area (Å²) in [5, 5.41) is 9.25. The fraction of sp³-hybridized carbons (Fsp3) is 0.462. The van der Waals surface area contributed by atoms with Gasteiger partial charge in [0.25, 0.3) is 5.91 Å². The molecule has 1 atom stereocenters. The van der Waals surface area contributed by atoms with Crippen LogP contribution in [0.2, 0.25) is 0 Å². The van der Waals surface area contributed by atoms with E-state index in [4.69, 9.17) is 4.74 Å². The van der Waals surface area contributed by atoms with E-state index in [1.54, 1.807) is 30.2 Å². The summed E-state index contributed by atoms with van der Waals surface area (Å²) in [5.74, 6) is 0.668. The van der Waals surface area contributed by atoms with Gasteiger partial charge in [-0.15, -0.1) is 0 Å². The molecule has 5 heteroatoms. The van der Waals surface area contributed by atoms with E-state index in [0.717, 1.165) is 17.3 Å². The third-order valence-corrected chi connectivity index (χ3v) is 3.87. The number of amides is 1. The monoisotopic (exact) mass is 313 g/mol. The van der Waals surface area contributed by atoms with Crippen LogP contribution in [0.15, 0.2) is 22.7 Å². The highest BCUT2D eigenvalue weighted by Gasteiger charge is 2.28. The van der Waals surface area contributed by atoms with E-state index >= 15 is 0 Å². The molecule has 1 N–H and O–H groups in total. The maximum absolute atomic E-state index is 12.3. The number of halogens is 1. The lowest BCUT2D eigenvalue weighted by Crippen LogP contribution is -2.37. The zero-order valence-corrected chi connectivity index (χ0v) is 11.8. The van der Waals surface area contributed by atoms with Crippen molar-refractivity contribution in [2.45, 2.75) is 18.9 Å². The number of nitrogens with zero attached hydrogens (tertiary/aromatic N) is 1. The average molecular weight is 314 g/mol. The Labute approximate surface area is 115 Å². The Morgan fingerprint density at radius 2 is 2.39 bits per heavy atom. The molecule has 0 spiro atoms. The van der Waals surface area contributed by atoms with Gasteiger partial charge in [-0.2, -0.15) is 0 Å². The molecule has 18 heavy (non-hydrogen) atoms. The highest BCUT2D eigenvalue weighted by atomic mass is 79.9. The zero-order chi connectivity index (χ0) is 13.1. The molecule has 2 rings (SSSR count). The molecule has 1 heterocycles. The first kappa shape index (κ1) is 13.4. The standard InChI is InChI=1S/C13H16BrNO3/c1-18-12-5-4-9(7-11(12)14)13(17)15-6-2-3-10(15)8-16/h4-5,7,10,16H,2-3,6,8H2,1H3. The van der Waals surface area contributed by atoms with Gasteiger partial charge in [-0.25, -0.2) is 0 Å². The fourth-order valence-corrected chi connectivity index (χ4v) is 2.80. The van der Waals surface area contributed by atoms with Crippen LogP contribution in [0.4, 0.5) is 0 Å². The van der Waals surface area contributed by atoms with Crippen molar-refractivity contribution in [3.63, 3.8) is 0 Å². The van der Waals surface area contributed by atoms with Gasteiger partial charge in [0.05, 0.1) is 24.2 Å². The first-order chi connectivity index (χ1) is 8.67. The SMILES string of the molecule is COc1ccc(C(=O)N2CCCC2CO)cc1Br. The van der Waals surface area contributed by atoms with E-state index in [-0.39, 0.29) is 18.6 Å². The third kappa shape index (κ3) is 2.52. The first-order valence-corrected chi connectivity index (χ1v) is 6.72. The van der Waals surface area contributed by atoms with Crippen molar-refractivity contribution in [2.24, 2.45) is 0 Å². The predicted octanol–water partition coefficient (Wildman–Crippen LogP) is 2.05. The number of ether oxygens (including phenoxy) is 1. The van der Waals surface area contributed by atoms with Gasteiger partial charge in [0.2, 0.25) is 0 Å². The number of likely N-dealkylation sites (tertiary alicyclic amines) is 1. The maximum atomic E-state index is 12.3. The van der Waals surface area contributed by atoms with Gasteiger partial charge in [-0.3, -0.25) is 4.79 Å². The third-order valence-electron chi connectivity index (χ3n) is 3.25. The Bertz CT molecular complexity index is 450. The Balaban J connectivity index is 2.21. The van der Waals surface area contributed by atoms with Gasteiger partial charge in [0.15, 0.2) is 0 Å². The second-order valence-corrected chi connectivity index (χ2v) is 5.18. The number of benzene rings is 1. The van der Waals surface area contributed by atoms with Crippen LogP contribution in [0.3, 0.4) is 0 Å². The molecule has 1 aliphatic heterocycles. The highest BCUT2D eigenvalue weighted by Crippen LogP contribution is 2.27. The van der Waals surface area contributed by atoms with Gasteiger partial charge in [-0.05, 0) is 47.0 Å². The number of hydrogen-bond donors (Lipinski definition) is 1. The second kappa shape index (κ2) is 5.71. The molecule has 1 aliphatic rings. The summed E-state index contributed by atoms with van der Waals surface area (Å²) in [5.41, 5.74) is 0.614. The van der Waals surface area contributed by atoms with E-state index in [1.165, 1.54) is 0 Å². The summed E-state index contributed by atoms with van der Waals surface area (Å²) < 4.78 is 5.90. The van der Waals surface area contributed by atoms with Crippen LogP contribution >= 0.6 is 15.9 Å². The molecule has 1 unspecified atom stereocenters. The molecule has 1 amide bonds. The predicted molar refractivity (Wildman–Crippen MR) is 71.8 cm³/mol. The number of rotatable bonds is 3. The number of carbonyl (C=O) groups is 1. The molecule has 0 aromatic heterocycles. The first-order valence-electron chi connectivity index (χ1n) is 5.92. The summed E-state index contributed by atoms with van der Waals surface area (Å²) in [7, 11) is 1.59. The molecule has 0 aliphatic carbocycles. The minimum absolute atomic E-state index is 0.0308. The van der Waals surface area contributed by atoms with Crippen LogP contribution in [0, 0.1) is 0 Å². The van der Waals surface area contributed by atoms with Crippen molar-refractivity contribution in [2.75, 3.05) is 20.3 Å². The highest BCUT2D eigenvalue weighted by molar-refractivity contribution is 9.10. The van der Waals surface area contributed by atoms with Gasteiger partial charge in [0, 0.05) is 12.1 Å². The van der Waals surface area contributed by atoms with Crippen LogP contribution in [-0.4, -0.2) is 42.2 Å². The molecule has 4 nitrogen and oxygen atoms in total. The van der Waals surface area contributed by atoms with Gasteiger partial charge in [-0.1, -0.05) is 0 Å². The molecule has 1 aromatic rings. The van der Waals surface area contributed by atoms with Crippen LogP contribution in [0.25, 0.3) is 0 Å². The number of carbonyl (C=O) groups excluding carboxylic acids is 1. The number of methoxy groups -OCH3 is 1.